The van der Waals surface area contributed by atoms with E-state index in [-0.39, 0.29) is 11.4 Å². The molecule has 3 atom stereocenters. The molecule has 3 heterocycles. The first kappa shape index (κ1) is 30.6. The number of carbonyl (C=O) groups is 3. The minimum Gasteiger partial charge on any atom is -0.378 e. The molecule has 14 heteroatoms. The zero-order valence-electron chi connectivity index (χ0n) is 23.7. The van der Waals surface area contributed by atoms with Gasteiger partial charge in [0.05, 0.1) is 22.2 Å². The van der Waals surface area contributed by atoms with Crippen molar-refractivity contribution in [2.45, 2.75) is 28.9 Å². The summed E-state index contributed by atoms with van der Waals surface area (Å²) in [5.41, 5.74) is 0.750. The Hall–Kier alpha value is -4.43. The molecule has 0 radical (unpaired) electrons. The molecule has 0 bridgehead atoms. The number of hydrogen-bond donors (Lipinski definition) is 1. The van der Waals surface area contributed by atoms with Gasteiger partial charge in [-0.1, -0.05) is 41.3 Å². The van der Waals surface area contributed by atoms with Gasteiger partial charge in [-0.3, -0.25) is 23.7 Å². The fourth-order valence-electron chi connectivity index (χ4n) is 5.56. The molecule has 1 aromatic heterocycles. The molecular weight excluding hydrogens is 632 g/mol. The average Bonchev–Trinajstić information content (AvgIpc) is 3.43. The molecular formula is C31H24F4N4O4S2. The van der Waals surface area contributed by atoms with E-state index in [1.807, 2.05) is 43.3 Å². The number of alkyl halides is 3. The van der Waals surface area contributed by atoms with Gasteiger partial charge in [0.2, 0.25) is 17.7 Å². The van der Waals surface area contributed by atoms with Gasteiger partial charge >= 0.3 is 11.0 Å². The molecule has 1 saturated heterocycles. The van der Waals surface area contributed by atoms with E-state index in [4.69, 9.17) is 0 Å². The SMILES string of the molecule is CN(C)c1ccc([C@@H]2c3sc(=O)n(CC(=O)Nc4cccc(C(F)(F)F)c4)c3S[C@H]3C(=O)N(c4ccc(F)cc4)C(=O)[C@@H]23)cc1. The summed E-state index contributed by atoms with van der Waals surface area (Å²) in [7, 11) is 3.74. The predicted molar refractivity (Wildman–Crippen MR) is 163 cm³/mol. The van der Waals surface area contributed by atoms with Crippen molar-refractivity contribution in [2.75, 3.05) is 29.2 Å². The van der Waals surface area contributed by atoms with Crippen molar-refractivity contribution in [3.8, 4) is 0 Å². The lowest BCUT2D eigenvalue weighted by Crippen LogP contribution is -2.33. The molecule has 1 N–H and O–H groups in total. The van der Waals surface area contributed by atoms with Gasteiger partial charge in [-0.2, -0.15) is 13.2 Å². The number of imide groups is 1. The second kappa shape index (κ2) is 11.5. The normalized spacial score (nSPS) is 19.3. The number of rotatable bonds is 6. The Morgan fingerprint density at radius 1 is 0.956 bits per heavy atom. The lowest BCUT2D eigenvalue weighted by Gasteiger charge is -2.31. The number of amides is 3. The number of aromatic nitrogens is 1. The van der Waals surface area contributed by atoms with E-state index in [2.05, 4.69) is 5.32 Å². The number of anilines is 3. The number of thiazole rings is 1. The zero-order valence-corrected chi connectivity index (χ0v) is 25.3. The molecule has 3 aromatic carbocycles. The van der Waals surface area contributed by atoms with E-state index in [1.54, 1.807) is 0 Å². The van der Waals surface area contributed by atoms with E-state index in [0.717, 1.165) is 64.0 Å². The Balaban J connectivity index is 1.38. The molecule has 6 rings (SSSR count). The van der Waals surface area contributed by atoms with Gasteiger partial charge in [-0.25, -0.2) is 9.29 Å². The van der Waals surface area contributed by atoms with Crippen LogP contribution in [0.2, 0.25) is 0 Å². The maximum Gasteiger partial charge on any atom is 0.416 e. The third-order valence-electron chi connectivity index (χ3n) is 7.68. The summed E-state index contributed by atoms with van der Waals surface area (Å²) in [5.74, 6) is -3.91. The van der Waals surface area contributed by atoms with Crippen LogP contribution in [-0.4, -0.2) is 41.6 Å². The molecule has 0 saturated carbocycles. The largest absolute Gasteiger partial charge is 0.416 e. The summed E-state index contributed by atoms with van der Waals surface area (Å²) in [6.45, 7) is -0.526. The van der Waals surface area contributed by atoms with Crippen molar-refractivity contribution in [1.82, 2.24) is 4.57 Å². The molecule has 2 aliphatic rings. The van der Waals surface area contributed by atoms with Gasteiger partial charge in [-0.15, -0.1) is 0 Å². The Morgan fingerprint density at radius 3 is 2.29 bits per heavy atom. The van der Waals surface area contributed by atoms with Crippen LogP contribution in [0.5, 0.6) is 0 Å². The number of fused-ring (bicyclic) bond motifs is 2. The molecule has 0 spiro atoms. The Labute approximate surface area is 262 Å². The third kappa shape index (κ3) is 5.63. The van der Waals surface area contributed by atoms with Crippen LogP contribution < -0.4 is 20.0 Å². The van der Waals surface area contributed by atoms with Crippen LogP contribution in [0.3, 0.4) is 0 Å². The summed E-state index contributed by atoms with van der Waals surface area (Å²) in [6, 6.07) is 16.5. The number of hydrogen-bond acceptors (Lipinski definition) is 7. The fraction of sp³-hybridized carbons (Fsp3) is 0.226. The number of nitrogens with zero attached hydrogens (tertiary/aromatic N) is 3. The number of nitrogens with one attached hydrogen (secondary N) is 1. The van der Waals surface area contributed by atoms with Gasteiger partial charge in [-0.05, 0) is 60.2 Å². The van der Waals surface area contributed by atoms with Gasteiger partial charge < -0.3 is 10.2 Å². The van der Waals surface area contributed by atoms with Crippen LogP contribution in [0.1, 0.15) is 21.9 Å². The maximum absolute atomic E-state index is 13.9. The fourth-order valence-corrected chi connectivity index (χ4v) is 8.33. The van der Waals surface area contributed by atoms with E-state index >= 15 is 0 Å². The van der Waals surface area contributed by atoms with Gasteiger partial charge in [0.25, 0.3) is 0 Å². The second-order valence-electron chi connectivity index (χ2n) is 10.8. The van der Waals surface area contributed by atoms with Crippen LogP contribution in [0, 0.1) is 11.7 Å². The maximum atomic E-state index is 13.9. The summed E-state index contributed by atoms with van der Waals surface area (Å²) in [5, 5.41) is 1.78. The molecule has 0 aliphatic carbocycles. The first-order chi connectivity index (χ1) is 21.3. The van der Waals surface area contributed by atoms with Crippen LogP contribution in [0.25, 0.3) is 0 Å². The van der Waals surface area contributed by atoms with Crippen molar-refractivity contribution in [3.63, 3.8) is 0 Å². The lowest BCUT2D eigenvalue weighted by molar-refractivity contribution is -0.137. The minimum absolute atomic E-state index is 0.0925. The first-order valence-electron chi connectivity index (χ1n) is 13.6. The van der Waals surface area contributed by atoms with Gasteiger partial charge in [0.1, 0.15) is 17.6 Å². The standard InChI is InChI=1S/C31H24F4N4O4S2/c1-37(2)20-10-6-16(7-11-20)23-24-25(28(42)39(27(24)41)21-12-8-18(32)9-13-21)44-29-26(23)45-30(43)38(29)15-22(40)36-19-5-3-4-17(14-19)31(33,34)35/h3-14,23-25H,15H2,1-2H3,(H,36,40)/t23-,24-,25+/m0/s1. The summed E-state index contributed by atoms with van der Waals surface area (Å²) < 4.78 is 54.4. The lowest BCUT2D eigenvalue weighted by atomic mass is 9.83. The number of benzene rings is 3. The zero-order chi connectivity index (χ0) is 32.2. The quantitative estimate of drug-likeness (QED) is 0.216. The Bertz CT molecular complexity index is 1870. The number of thioether (sulfide) groups is 1. The molecule has 1 fully saturated rings. The molecule has 8 nitrogen and oxygen atoms in total. The van der Waals surface area contributed by atoms with Gasteiger partial charge in [0, 0.05) is 36.3 Å². The highest BCUT2D eigenvalue weighted by Gasteiger charge is 2.56. The van der Waals surface area contributed by atoms with E-state index in [0.29, 0.717) is 15.5 Å². The van der Waals surface area contributed by atoms with Crippen molar-refractivity contribution in [3.05, 3.63) is 104 Å². The highest BCUT2D eigenvalue weighted by molar-refractivity contribution is 8.00. The topological polar surface area (TPSA) is 91.7 Å². The summed E-state index contributed by atoms with van der Waals surface area (Å²) >= 11 is 1.85. The average molecular weight is 657 g/mol. The highest BCUT2D eigenvalue weighted by atomic mass is 32.2. The molecule has 4 aromatic rings. The number of halogens is 4. The van der Waals surface area contributed by atoms with Gasteiger partial charge in [0.15, 0.2) is 0 Å². The van der Waals surface area contributed by atoms with Crippen molar-refractivity contribution in [2.24, 2.45) is 5.92 Å². The monoisotopic (exact) mass is 656 g/mol. The predicted octanol–water partition coefficient (Wildman–Crippen LogP) is 5.57. The smallest absolute Gasteiger partial charge is 0.378 e. The third-order valence-corrected chi connectivity index (χ3v) is 10.3. The number of carbonyl (C=O) groups excluding carboxylic acids is 3. The van der Waals surface area contributed by atoms with Crippen LogP contribution in [0.4, 0.5) is 34.6 Å². The summed E-state index contributed by atoms with van der Waals surface area (Å²) in [4.78, 5) is 57.0. The summed E-state index contributed by atoms with van der Waals surface area (Å²) in [6.07, 6.45) is -4.61. The van der Waals surface area contributed by atoms with Crippen molar-refractivity contribution < 1.29 is 31.9 Å². The van der Waals surface area contributed by atoms with Crippen molar-refractivity contribution >= 4 is 57.9 Å². The van der Waals surface area contributed by atoms with Crippen molar-refractivity contribution in [1.29, 1.82) is 0 Å². The molecule has 2 aliphatic heterocycles. The highest BCUT2D eigenvalue weighted by Crippen LogP contribution is 2.54. The van der Waals surface area contributed by atoms with E-state index in [1.165, 1.54) is 22.8 Å². The minimum atomic E-state index is -4.61. The Kier molecular flexibility index (Phi) is 7.81. The Morgan fingerprint density at radius 2 is 1.64 bits per heavy atom. The molecule has 0 unspecified atom stereocenters. The molecule has 3 amide bonds. The molecule has 45 heavy (non-hydrogen) atoms. The van der Waals surface area contributed by atoms with Crippen LogP contribution in [0.15, 0.2) is 82.6 Å². The first-order valence-corrected chi connectivity index (χ1v) is 15.3. The van der Waals surface area contributed by atoms with E-state index in [9.17, 15) is 36.7 Å². The molecule has 232 valence electrons. The van der Waals surface area contributed by atoms with Crippen LogP contribution >= 0.6 is 23.1 Å². The van der Waals surface area contributed by atoms with Crippen LogP contribution in [-0.2, 0) is 27.1 Å². The van der Waals surface area contributed by atoms with E-state index < -0.39 is 63.8 Å². The second-order valence-corrected chi connectivity index (χ2v) is 12.9.